The van der Waals surface area contributed by atoms with Gasteiger partial charge in [0.25, 0.3) is 0 Å². The number of carbonyl (C=O) groups excluding carboxylic acids is 1. The monoisotopic (exact) mass is 392 g/mol. The van der Waals surface area contributed by atoms with Crippen molar-refractivity contribution in [2.24, 2.45) is 5.92 Å². The van der Waals surface area contributed by atoms with Gasteiger partial charge < -0.3 is 15.5 Å². The van der Waals surface area contributed by atoms with E-state index in [2.05, 4.69) is 69.0 Å². The van der Waals surface area contributed by atoms with Crippen LogP contribution in [-0.2, 0) is 13.1 Å². The Morgan fingerprint density at radius 2 is 1.62 bits per heavy atom. The molecule has 0 radical (unpaired) electrons. The van der Waals surface area contributed by atoms with Gasteiger partial charge in [0.2, 0.25) is 0 Å². The number of likely N-dealkylation sites (tertiary alicyclic amines) is 1. The second-order valence-electron chi connectivity index (χ2n) is 8.25. The molecule has 0 unspecified atom stereocenters. The highest BCUT2D eigenvalue weighted by Crippen LogP contribution is 2.23. The van der Waals surface area contributed by atoms with Crippen LogP contribution in [0.5, 0.6) is 0 Å². The molecule has 2 aliphatic heterocycles. The van der Waals surface area contributed by atoms with Crippen LogP contribution < -0.4 is 15.5 Å². The summed E-state index contributed by atoms with van der Waals surface area (Å²) in [5.74, 6) is 0.503. The van der Waals surface area contributed by atoms with Crippen LogP contribution in [0.1, 0.15) is 30.4 Å². The maximum absolute atomic E-state index is 12.3. The van der Waals surface area contributed by atoms with Crippen molar-refractivity contribution in [3.8, 4) is 0 Å². The van der Waals surface area contributed by atoms with Crippen molar-refractivity contribution in [2.75, 3.05) is 37.6 Å². The third kappa shape index (κ3) is 5.51. The molecule has 4 rings (SSSR count). The van der Waals surface area contributed by atoms with E-state index in [1.165, 1.54) is 42.7 Å². The molecule has 2 aromatic carbocycles. The number of carbonyl (C=O) groups is 1. The van der Waals surface area contributed by atoms with Crippen molar-refractivity contribution in [2.45, 2.75) is 32.4 Å². The highest BCUT2D eigenvalue weighted by atomic mass is 16.2. The van der Waals surface area contributed by atoms with Gasteiger partial charge in [-0.3, -0.25) is 4.90 Å². The minimum absolute atomic E-state index is 0.0702. The molecule has 0 bridgehead atoms. The Balaban J connectivity index is 1.21. The molecule has 2 aromatic rings. The van der Waals surface area contributed by atoms with E-state index in [1.807, 2.05) is 6.07 Å². The van der Waals surface area contributed by atoms with Crippen LogP contribution >= 0.6 is 0 Å². The predicted molar refractivity (Wildman–Crippen MR) is 118 cm³/mol. The third-order valence-electron chi connectivity index (χ3n) is 6.11. The number of hydrogen-bond donors (Lipinski definition) is 2. The van der Waals surface area contributed by atoms with Crippen molar-refractivity contribution in [3.05, 3.63) is 65.7 Å². The smallest absolute Gasteiger partial charge is 0.315 e. The van der Waals surface area contributed by atoms with Gasteiger partial charge in [0.15, 0.2) is 0 Å². The Kier molecular flexibility index (Phi) is 6.67. The van der Waals surface area contributed by atoms with Crippen LogP contribution in [0.15, 0.2) is 54.6 Å². The fourth-order valence-electron chi connectivity index (χ4n) is 4.41. The van der Waals surface area contributed by atoms with Crippen molar-refractivity contribution >= 4 is 11.7 Å². The molecule has 0 spiro atoms. The molecule has 2 saturated heterocycles. The number of anilines is 1. The van der Waals surface area contributed by atoms with Crippen LogP contribution in [0.25, 0.3) is 0 Å². The summed E-state index contributed by atoms with van der Waals surface area (Å²) in [5.41, 5.74) is 3.81. The minimum Gasteiger partial charge on any atom is -0.371 e. The fraction of sp³-hybridized carbons (Fsp3) is 0.458. The SMILES string of the molecule is O=C(NCc1ccccc1CN1CCCC1)NC[C@@H]1CCN(c2ccccc2)C1. The maximum Gasteiger partial charge on any atom is 0.315 e. The zero-order valence-electron chi connectivity index (χ0n) is 17.1. The van der Waals surface area contributed by atoms with Crippen molar-refractivity contribution < 1.29 is 4.79 Å². The first kappa shape index (κ1) is 19.8. The van der Waals surface area contributed by atoms with Crippen LogP contribution in [0.2, 0.25) is 0 Å². The van der Waals surface area contributed by atoms with E-state index in [1.54, 1.807) is 0 Å². The van der Waals surface area contributed by atoms with Crippen molar-refractivity contribution in [1.82, 2.24) is 15.5 Å². The summed E-state index contributed by atoms with van der Waals surface area (Å²) in [6.07, 6.45) is 3.71. The van der Waals surface area contributed by atoms with Gasteiger partial charge in [0, 0.05) is 38.4 Å². The van der Waals surface area contributed by atoms with Gasteiger partial charge in [-0.25, -0.2) is 4.79 Å². The van der Waals surface area contributed by atoms with E-state index in [0.29, 0.717) is 12.5 Å². The molecule has 29 heavy (non-hydrogen) atoms. The molecule has 0 aromatic heterocycles. The third-order valence-corrected chi connectivity index (χ3v) is 6.11. The normalized spacial score (nSPS) is 19.4. The molecule has 0 aliphatic carbocycles. The van der Waals surface area contributed by atoms with E-state index in [0.717, 1.165) is 32.6 Å². The summed E-state index contributed by atoms with van der Waals surface area (Å²) in [6, 6.07) is 18.9. The minimum atomic E-state index is -0.0702. The molecule has 0 saturated carbocycles. The summed E-state index contributed by atoms with van der Waals surface area (Å²) >= 11 is 0. The second-order valence-corrected chi connectivity index (χ2v) is 8.25. The molecule has 154 valence electrons. The molecular weight excluding hydrogens is 360 g/mol. The Morgan fingerprint density at radius 3 is 2.41 bits per heavy atom. The highest BCUT2D eigenvalue weighted by molar-refractivity contribution is 5.73. The van der Waals surface area contributed by atoms with Crippen molar-refractivity contribution in [1.29, 1.82) is 0 Å². The van der Waals surface area contributed by atoms with Crippen LogP contribution in [-0.4, -0.2) is 43.7 Å². The van der Waals surface area contributed by atoms with Crippen LogP contribution in [0.4, 0.5) is 10.5 Å². The van der Waals surface area contributed by atoms with Gasteiger partial charge >= 0.3 is 6.03 Å². The second kappa shape index (κ2) is 9.79. The van der Waals surface area contributed by atoms with E-state index in [-0.39, 0.29) is 6.03 Å². The van der Waals surface area contributed by atoms with E-state index in [9.17, 15) is 4.79 Å². The number of urea groups is 1. The van der Waals surface area contributed by atoms with Gasteiger partial charge in [-0.2, -0.15) is 0 Å². The van der Waals surface area contributed by atoms with Gasteiger partial charge in [-0.15, -0.1) is 0 Å². The number of nitrogens with one attached hydrogen (secondary N) is 2. The number of benzene rings is 2. The van der Waals surface area contributed by atoms with Gasteiger partial charge in [-0.1, -0.05) is 42.5 Å². The van der Waals surface area contributed by atoms with Crippen LogP contribution in [0, 0.1) is 5.92 Å². The lowest BCUT2D eigenvalue weighted by Gasteiger charge is -2.19. The zero-order valence-corrected chi connectivity index (χ0v) is 17.1. The van der Waals surface area contributed by atoms with Crippen LogP contribution in [0.3, 0.4) is 0 Å². The molecule has 2 amide bonds. The number of para-hydroxylation sites is 1. The summed E-state index contributed by atoms with van der Waals surface area (Å²) in [5, 5.41) is 6.12. The molecule has 1 atom stereocenters. The number of hydrogen-bond acceptors (Lipinski definition) is 3. The van der Waals surface area contributed by atoms with E-state index >= 15 is 0 Å². The molecular formula is C24H32N4O. The lowest BCUT2D eigenvalue weighted by molar-refractivity contribution is 0.239. The van der Waals surface area contributed by atoms with E-state index in [4.69, 9.17) is 0 Å². The topological polar surface area (TPSA) is 47.6 Å². The largest absolute Gasteiger partial charge is 0.371 e. The lowest BCUT2D eigenvalue weighted by atomic mass is 10.1. The lowest BCUT2D eigenvalue weighted by Crippen LogP contribution is -2.38. The molecule has 2 aliphatic rings. The number of nitrogens with zero attached hydrogens (tertiary/aromatic N) is 2. The molecule has 2 heterocycles. The average Bonchev–Trinajstić information content (AvgIpc) is 3.44. The number of rotatable bonds is 7. The first-order valence-corrected chi connectivity index (χ1v) is 10.9. The summed E-state index contributed by atoms with van der Waals surface area (Å²) in [6.45, 7) is 6.72. The van der Waals surface area contributed by atoms with Gasteiger partial charge in [-0.05, 0) is 61.5 Å². The summed E-state index contributed by atoms with van der Waals surface area (Å²) < 4.78 is 0. The van der Waals surface area contributed by atoms with E-state index < -0.39 is 0 Å². The first-order valence-electron chi connectivity index (χ1n) is 10.9. The summed E-state index contributed by atoms with van der Waals surface area (Å²) in [7, 11) is 0. The maximum atomic E-state index is 12.3. The van der Waals surface area contributed by atoms with Gasteiger partial charge in [0.1, 0.15) is 0 Å². The molecule has 2 N–H and O–H groups in total. The Labute approximate surface area is 174 Å². The molecule has 5 heteroatoms. The fourth-order valence-corrected chi connectivity index (χ4v) is 4.41. The first-order chi connectivity index (χ1) is 14.3. The number of amides is 2. The average molecular weight is 393 g/mol. The molecule has 2 fully saturated rings. The Morgan fingerprint density at radius 1 is 0.897 bits per heavy atom. The van der Waals surface area contributed by atoms with Gasteiger partial charge in [0.05, 0.1) is 0 Å². The zero-order chi connectivity index (χ0) is 19.9. The highest BCUT2D eigenvalue weighted by Gasteiger charge is 2.23. The Bertz CT molecular complexity index is 788. The quantitative estimate of drug-likeness (QED) is 0.757. The Hall–Kier alpha value is -2.53. The standard InChI is InChI=1S/C24H32N4O/c29-24(25-16-20-12-15-28(18-20)23-10-2-1-3-11-23)26-17-21-8-4-5-9-22(21)19-27-13-6-7-14-27/h1-5,8-11,20H,6-7,12-19H2,(H2,25,26,29)/t20-/m0/s1. The summed E-state index contributed by atoms with van der Waals surface area (Å²) in [4.78, 5) is 17.2. The predicted octanol–water partition coefficient (Wildman–Crippen LogP) is 3.61. The molecule has 5 nitrogen and oxygen atoms in total. The van der Waals surface area contributed by atoms with Crippen molar-refractivity contribution in [3.63, 3.8) is 0 Å².